The summed E-state index contributed by atoms with van der Waals surface area (Å²) in [4.78, 5) is 11.9. The Morgan fingerprint density at radius 2 is 1.64 bits per heavy atom. The van der Waals surface area contributed by atoms with Gasteiger partial charge in [-0.3, -0.25) is 0 Å². The maximum Gasteiger partial charge on any atom is 0.162 e. The number of rotatable bonds is 1. The largest absolute Gasteiger partial charge is 0.493 e. The number of aryl methyl sites for hydroxylation is 1. The molecule has 0 spiro atoms. The molecule has 0 amide bonds. The fourth-order valence-corrected chi connectivity index (χ4v) is 6.23. The molecule has 2 aromatic carbocycles. The van der Waals surface area contributed by atoms with Crippen LogP contribution in [0.25, 0.3) is 21.3 Å². The number of nitrogens with zero attached hydrogens (tertiary/aromatic N) is 2. The molecule has 2 aromatic heterocycles. The molecule has 0 unspecified atom stereocenters. The zero-order valence-corrected chi connectivity index (χ0v) is 26.8. The molecule has 0 radical (unpaired) electrons. The van der Waals surface area contributed by atoms with Crippen LogP contribution in [0.1, 0.15) is 48.5 Å². The second kappa shape index (κ2) is 16.7. The van der Waals surface area contributed by atoms with E-state index >= 15 is 0 Å². The molecule has 0 saturated heterocycles. The van der Waals surface area contributed by atoms with Crippen LogP contribution in [0.5, 0.6) is 11.5 Å². The maximum absolute atomic E-state index is 6.08. The first-order valence-corrected chi connectivity index (χ1v) is 16.3. The minimum absolute atomic E-state index is 0.0365. The van der Waals surface area contributed by atoms with Crippen molar-refractivity contribution in [2.45, 2.75) is 45.7 Å². The highest BCUT2D eigenvalue weighted by Gasteiger charge is 2.17. The van der Waals surface area contributed by atoms with Gasteiger partial charge in [-0.2, -0.15) is 0 Å². The molecule has 0 aliphatic carbocycles. The van der Waals surface area contributed by atoms with Crippen LogP contribution in [0, 0.1) is 6.92 Å². The Labute approximate surface area is 264 Å². The van der Waals surface area contributed by atoms with Gasteiger partial charge in [-0.1, -0.05) is 24.3 Å². The van der Waals surface area contributed by atoms with E-state index in [0.29, 0.717) is 57.0 Å². The first-order chi connectivity index (χ1) is 21.6. The monoisotopic (exact) mass is 620 g/mol. The van der Waals surface area contributed by atoms with Crippen molar-refractivity contribution in [3.8, 4) is 21.9 Å². The molecule has 0 saturated carbocycles. The van der Waals surface area contributed by atoms with E-state index in [1.807, 2.05) is 30.4 Å². The van der Waals surface area contributed by atoms with Crippen molar-refractivity contribution >= 4 is 28.1 Å². The number of benzene rings is 2. The van der Waals surface area contributed by atoms with Gasteiger partial charge >= 0.3 is 0 Å². The summed E-state index contributed by atoms with van der Waals surface area (Å²) in [7, 11) is 1.63. The molecule has 5 rings (SSSR count). The Morgan fingerprint density at radius 3 is 2.45 bits per heavy atom. The van der Waals surface area contributed by atoms with Gasteiger partial charge in [-0.05, 0) is 69.0 Å². The highest BCUT2D eigenvalue weighted by molar-refractivity contribution is 7.15. The minimum atomic E-state index is 0.0365. The van der Waals surface area contributed by atoms with E-state index in [2.05, 4.69) is 58.9 Å². The number of fused-ring (bicyclic) bond motifs is 5. The number of hydrogen-bond donors (Lipinski definition) is 2. The predicted molar refractivity (Wildman–Crippen MR) is 176 cm³/mol. The summed E-state index contributed by atoms with van der Waals surface area (Å²) < 4.78 is 28.8. The smallest absolute Gasteiger partial charge is 0.162 e. The average Bonchev–Trinajstić information content (AvgIpc) is 3.52. The van der Waals surface area contributed by atoms with Crippen LogP contribution >= 0.6 is 11.3 Å². The van der Waals surface area contributed by atoms with Gasteiger partial charge in [0.1, 0.15) is 18.2 Å². The lowest BCUT2D eigenvalue weighted by Gasteiger charge is -2.17. The van der Waals surface area contributed by atoms with Crippen molar-refractivity contribution in [1.29, 1.82) is 0 Å². The lowest BCUT2D eigenvalue weighted by atomic mass is 10.1. The first-order valence-electron chi connectivity index (χ1n) is 15.5. The molecule has 0 fully saturated rings. The Morgan fingerprint density at radius 1 is 0.864 bits per heavy atom. The first kappa shape index (κ1) is 32.1. The molecule has 4 bridgehead atoms. The Balaban J connectivity index is 1.36. The lowest BCUT2D eigenvalue weighted by Crippen LogP contribution is -2.15. The molecule has 1 aliphatic rings. The third kappa shape index (κ3) is 8.89. The summed E-state index contributed by atoms with van der Waals surface area (Å²) in [5.74, 6) is 2.69. The molecule has 2 N–H and O–H groups in total. The van der Waals surface area contributed by atoms with Crippen LogP contribution in [-0.4, -0.2) is 69.9 Å². The summed E-state index contributed by atoms with van der Waals surface area (Å²) in [6.07, 6.45) is 3.32. The maximum atomic E-state index is 6.08. The van der Waals surface area contributed by atoms with Crippen LogP contribution < -0.4 is 20.1 Å². The van der Waals surface area contributed by atoms with Crippen molar-refractivity contribution < 1.29 is 23.7 Å². The number of anilines is 1. The number of aromatic nitrogens is 2. The summed E-state index contributed by atoms with van der Waals surface area (Å²) in [6.45, 7) is 9.66. The topological polar surface area (TPSA) is 96.0 Å². The second-order valence-corrected chi connectivity index (χ2v) is 11.9. The van der Waals surface area contributed by atoms with Crippen molar-refractivity contribution in [2.75, 3.05) is 65.2 Å². The van der Waals surface area contributed by atoms with Gasteiger partial charge in [-0.15, -0.1) is 11.3 Å². The number of thiophene rings is 1. The van der Waals surface area contributed by atoms with Crippen LogP contribution in [0.4, 0.5) is 5.82 Å². The zero-order valence-electron chi connectivity index (χ0n) is 26.0. The molecular formula is C34H44N4O5S. The van der Waals surface area contributed by atoms with Crippen LogP contribution in [0.15, 0.2) is 48.5 Å². The third-order valence-corrected chi connectivity index (χ3v) is 8.77. The fraction of sp³-hybridized carbons (Fsp3) is 0.471. The number of ether oxygens (including phenoxy) is 5. The van der Waals surface area contributed by atoms with Crippen molar-refractivity contribution in [3.63, 3.8) is 0 Å². The molecule has 3 heterocycles. The predicted octanol–water partition coefficient (Wildman–Crippen LogP) is 6.55. The van der Waals surface area contributed by atoms with E-state index in [4.69, 9.17) is 28.7 Å². The molecule has 4 aromatic rings. The van der Waals surface area contributed by atoms with Gasteiger partial charge in [0.2, 0.25) is 0 Å². The van der Waals surface area contributed by atoms with Gasteiger partial charge in [0.25, 0.3) is 0 Å². The van der Waals surface area contributed by atoms with Crippen molar-refractivity contribution in [3.05, 3.63) is 64.8 Å². The molecule has 1 aliphatic heterocycles. The van der Waals surface area contributed by atoms with Gasteiger partial charge in [-0.25, -0.2) is 9.97 Å². The minimum Gasteiger partial charge on any atom is -0.493 e. The van der Waals surface area contributed by atoms with Crippen molar-refractivity contribution in [1.82, 2.24) is 15.3 Å². The van der Waals surface area contributed by atoms with E-state index in [9.17, 15) is 0 Å². The van der Waals surface area contributed by atoms with Gasteiger partial charge < -0.3 is 34.3 Å². The van der Waals surface area contributed by atoms with E-state index in [1.165, 1.54) is 20.9 Å². The Kier molecular flexibility index (Phi) is 12.2. The van der Waals surface area contributed by atoms with E-state index in [0.717, 1.165) is 55.7 Å². The molecule has 10 heteroatoms. The number of methoxy groups -OCH3 is 1. The van der Waals surface area contributed by atoms with E-state index in [-0.39, 0.29) is 6.04 Å². The quantitative estimate of drug-likeness (QED) is 0.246. The standard InChI is InChI=1S/C34H44N4O5S/c1-24-32-11-12-33(44-32)27-10-6-5-9-26(27)23-35-13-7-4-8-14-40-15-16-41-17-18-42-19-20-43-31-21-28-29(22-30(31)39-3)37-25(2)38-34(28)36-24/h5-6,9-12,21-22,24,35H,4,7-8,13-20,23H2,1-3H3,(H,36,37,38)/t24-/m1/s1. The molecule has 1 atom stereocenters. The average molecular weight is 621 g/mol. The van der Waals surface area contributed by atoms with E-state index < -0.39 is 0 Å². The lowest BCUT2D eigenvalue weighted by molar-refractivity contribution is 0.00869. The summed E-state index contributed by atoms with van der Waals surface area (Å²) in [6, 6.07) is 17.0. The molecular weight excluding hydrogens is 576 g/mol. The Hall–Kier alpha value is -3.28. The highest BCUT2D eigenvalue weighted by atomic mass is 32.1. The molecule has 236 valence electrons. The SMILES string of the molecule is COc1cc2nc(C)nc3c2cc1OCCOCCOCCOCCCCCNCc1ccccc1-c1ccc(s1)[C@@H](C)N3. The highest BCUT2D eigenvalue weighted by Crippen LogP contribution is 2.37. The van der Waals surface area contributed by atoms with Gasteiger partial charge in [0.05, 0.1) is 51.7 Å². The van der Waals surface area contributed by atoms with Crippen LogP contribution in [-0.2, 0) is 20.8 Å². The van der Waals surface area contributed by atoms with Crippen LogP contribution in [0.2, 0.25) is 0 Å². The second-order valence-electron chi connectivity index (χ2n) is 10.8. The summed E-state index contributed by atoms with van der Waals surface area (Å²) in [5.41, 5.74) is 3.37. The number of nitrogens with one attached hydrogen (secondary N) is 2. The summed E-state index contributed by atoms with van der Waals surface area (Å²) >= 11 is 1.81. The summed E-state index contributed by atoms with van der Waals surface area (Å²) in [5, 5.41) is 8.16. The molecule has 9 nitrogen and oxygen atoms in total. The normalized spacial score (nSPS) is 18.4. The van der Waals surface area contributed by atoms with Crippen LogP contribution in [0.3, 0.4) is 0 Å². The third-order valence-electron chi connectivity index (χ3n) is 7.47. The van der Waals surface area contributed by atoms with Crippen molar-refractivity contribution in [2.24, 2.45) is 0 Å². The van der Waals surface area contributed by atoms with Gasteiger partial charge in [0.15, 0.2) is 11.5 Å². The zero-order chi connectivity index (χ0) is 30.6. The van der Waals surface area contributed by atoms with Gasteiger partial charge in [0, 0.05) is 34.4 Å². The Bertz CT molecular complexity index is 1480. The van der Waals surface area contributed by atoms with E-state index in [1.54, 1.807) is 7.11 Å². The fourth-order valence-electron chi connectivity index (χ4n) is 5.16. The molecule has 44 heavy (non-hydrogen) atoms. The number of hydrogen-bond acceptors (Lipinski definition) is 10.